The van der Waals surface area contributed by atoms with E-state index in [1.807, 2.05) is 24.3 Å². The van der Waals surface area contributed by atoms with Gasteiger partial charge in [-0.2, -0.15) is 0 Å². The maximum absolute atomic E-state index is 9.74. The monoisotopic (exact) mass is 237 g/mol. The van der Waals surface area contributed by atoms with Gasteiger partial charge in [0.05, 0.1) is 0 Å². The van der Waals surface area contributed by atoms with Crippen LogP contribution in [-0.4, -0.2) is 21.8 Å². The first kappa shape index (κ1) is 11.2. The van der Waals surface area contributed by atoms with Gasteiger partial charge in [0.25, 0.3) is 0 Å². The Morgan fingerprint density at radius 1 is 1.19 bits per heavy atom. The number of hydrogen-bond acceptors (Lipinski definition) is 3. The summed E-state index contributed by atoms with van der Waals surface area (Å²) < 4.78 is 0. The first-order valence-electron chi connectivity index (χ1n) is 5.11. The summed E-state index contributed by atoms with van der Waals surface area (Å²) in [6.45, 7) is 0.0936. The average molecular weight is 238 g/mol. The van der Waals surface area contributed by atoms with E-state index in [-0.39, 0.29) is 12.5 Å². The van der Waals surface area contributed by atoms with Crippen molar-refractivity contribution in [3.8, 4) is 5.88 Å². The molecule has 2 N–H and O–H groups in total. The Morgan fingerprint density at radius 3 is 2.56 bits per heavy atom. The zero-order valence-corrected chi connectivity index (χ0v) is 9.41. The fourth-order valence-corrected chi connectivity index (χ4v) is 2.01. The molecule has 0 radical (unpaired) electrons. The van der Waals surface area contributed by atoms with E-state index >= 15 is 0 Å². The van der Waals surface area contributed by atoms with Crippen LogP contribution in [0.15, 0.2) is 24.3 Å². The number of aliphatic hydroxyl groups is 1. The molecule has 0 bridgehead atoms. The number of benzene rings is 1. The van der Waals surface area contributed by atoms with Crippen molar-refractivity contribution in [1.29, 1.82) is 0 Å². The number of rotatable bonds is 3. The Hall–Kier alpha value is -1.32. The number of halogens is 1. The largest absolute Gasteiger partial charge is 0.493 e. The predicted molar refractivity (Wildman–Crippen MR) is 63.8 cm³/mol. The Labute approximate surface area is 98.3 Å². The van der Waals surface area contributed by atoms with E-state index < -0.39 is 0 Å². The van der Waals surface area contributed by atoms with Crippen LogP contribution in [0.4, 0.5) is 0 Å². The van der Waals surface area contributed by atoms with E-state index in [4.69, 9.17) is 16.7 Å². The van der Waals surface area contributed by atoms with Crippen LogP contribution in [0.5, 0.6) is 5.88 Å². The smallest absolute Gasteiger partial charge is 0.216 e. The molecule has 0 amide bonds. The lowest BCUT2D eigenvalue weighted by molar-refractivity contribution is 0.288. The number of pyridine rings is 1. The Morgan fingerprint density at radius 2 is 1.88 bits per heavy atom. The summed E-state index contributed by atoms with van der Waals surface area (Å²) >= 11 is 5.95. The molecule has 1 aromatic carbocycles. The summed E-state index contributed by atoms with van der Waals surface area (Å²) in [4.78, 5) is 3.89. The predicted octanol–water partition coefficient (Wildman–Crippen LogP) is 2.52. The first-order valence-corrected chi connectivity index (χ1v) is 5.48. The Bertz CT molecular complexity index is 514. The van der Waals surface area contributed by atoms with E-state index in [1.54, 1.807) is 0 Å². The zero-order valence-electron chi connectivity index (χ0n) is 8.65. The van der Waals surface area contributed by atoms with Crippen molar-refractivity contribution in [2.75, 3.05) is 6.61 Å². The first-order chi connectivity index (χ1) is 7.74. The fourth-order valence-electron chi connectivity index (χ4n) is 1.77. The van der Waals surface area contributed by atoms with Crippen LogP contribution in [0.3, 0.4) is 0 Å². The number of aryl methyl sites for hydroxylation is 1. The van der Waals surface area contributed by atoms with Gasteiger partial charge in [0.2, 0.25) is 5.88 Å². The van der Waals surface area contributed by atoms with Crippen molar-refractivity contribution >= 4 is 22.4 Å². The topological polar surface area (TPSA) is 53.4 Å². The molecular weight excluding hydrogens is 226 g/mol. The van der Waals surface area contributed by atoms with Gasteiger partial charge in [0.1, 0.15) is 5.15 Å². The molecule has 0 atom stereocenters. The highest BCUT2D eigenvalue weighted by Gasteiger charge is 2.11. The molecule has 0 spiro atoms. The minimum Gasteiger partial charge on any atom is -0.493 e. The van der Waals surface area contributed by atoms with Gasteiger partial charge in [-0.05, 0) is 18.2 Å². The molecule has 1 heterocycles. The van der Waals surface area contributed by atoms with E-state index in [0.717, 1.165) is 16.3 Å². The molecule has 0 aliphatic rings. The Balaban J connectivity index is 2.61. The lowest BCUT2D eigenvalue weighted by Gasteiger charge is -2.08. The van der Waals surface area contributed by atoms with E-state index in [9.17, 15) is 5.11 Å². The second kappa shape index (κ2) is 4.68. The molecule has 0 saturated heterocycles. The van der Waals surface area contributed by atoms with Gasteiger partial charge < -0.3 is 10.2 Å². The molecule has 0 aliphatic carbocycles. The standard InChI is InChI=1S/C12H12ClNO2/c13-11-9-5-2-1-4-8(9)10(6-3-7-15)12(16)14-11/h1-2,4-5,15H,3,6-7H2,(H,14,16). The molecule has 2 aromatic rings. The van der Waals surface area contributed by atoms with Crippen LogP contribution in [-0.2, 0) is 6.42 Å². The molecule has 1 aromatic heterocycles. The van der Waals surface area contributed by atoms with Crippen molar-refractivity contribution in [1.82, 2.24) is 4.98 Å². The van der Waals surface area contributed by atoms with Gasteiger partial charge in [-0.3, -0.25) is 0 Å². The third-order valence-corrected chi connectivity index (χ3v) is 2.82. The number of aromatic hydroxyl groups is 1. The van der Waals surface area contributed by atoms with E-state index in [1.165, 1.54) is 0 Å². The van der Waals surface area contributed by atoms with Crippen LogP contribution in [0.1, 0.15) is 12.0 Å². The molecule has 0 saturated carbocycles. The highest BCUT2D eigenvalue weighted by atomic mass is 35.5. The lowest BCUT2D eigenvalue weighted by atomic mass is 10.0. The number of nitrogens with zero attached hydrogens (tertiary/aromatic N) is 1. The lowest BCUT2D eigenvalue weighted by Crippen LogP contribution is -1.94. The summed E-state index contributed by atoms with van der Waals surface area (Å²) in [5, 5.41) is 20.6. The fraction of sp³-hybridized carbons (Fsp3) is 0.250. The number of aromatic nitrogens is 1. The third-order valence-electron chi connectivity index (χ3n) is 2.53. The summed E-state index contributed by atoms with van der Waals surface area (Å²) in [7, 11) is 0. The minimum absolute atomic E-state index is 0.0443. The maximum Gasteiger partial charge on any atom is 0.216 e. The third kappa shape index (κ3) is 1.96. The molecule has 4 heteroatoms. The van der Waals surface area contributed by atoms with Crippen LogP contribution in [0.2, 0.25) is 5.15 Å². The summed E-state index contributed by atoms with van der Waals surface area (Å²) in [5.41, 5.74) is 0.744. The number of fused-ring (bicyclic) bond motifs is 1. The summed E-state index contributed by atoms with van der Waals surface area (Å²) in [6.07, 6.45) is 1.19. The minimum atomic E-state index is -0.0443. The van der Waals surface area contributed by atoms with Gasteiger partial charge >= 0.3 is 0 Å². The molecule has 84 valence electrons. The van der Waals surface area contributed by atoms with Gasteiger partial charge in [-0.25, -0.2) is 4.98 Å². The van der Waals surface area contributed by atoms with E-state index in [2.05, 4.69) is 4.98 Å². The number of aliphatic hydroxyl groups excluding tert-OH is 1. The maximum atomic E-state index is 9.74. The quantitative estimate of drug-likeness (QED) is 0.807. The van der Waals surface area contributed by atoms with Gasteiger partial charge in [-0.15, -0.1) is 0 Å². The zero-order chi connectivity index (χ0) is 11.5. The van der Waals surface area contributed by atoms with Crippen LogP contribution >= 0.6 is 11.6 Å². The molecule has 3 nitrogen and oxygen atoms in total. The van der Waals surface area contributed by atoms with Crippen molar-refractivity contribution in [2.24, 2.45) is 0 Å². The van der Waals surface area contributed by atoms with Crippen LogP contribution < -0.4 is 0 Å². The van der Waals surface area contributed by atoms with Gasteiger partial charge in [-0.1, -0.05) is 35.9 Å². The molecule has 0 fully saturated rings. The van der Waals surface area contributed by atoms with Crippen LogP contribution in [0, 0.1) is 0 Å². The molecule has 2 rings (SSSR count). The molecule has 0 unspecified atom stereocenters. The van der Waals surface area contributed by atoms with E-state index in [0.29, 0.717) is 18.0 Å². The van der Waals surface area contributed by atoms with Crippen molar-refractivity contribution in [3.05, 3.63) is 35.0 Å². The van der Waals surface area contributed by atoms with Gasteiger partial charge in [0, 0.05) is 17.6 Å². The van der Waals surface area contributed by atoms with Crippen molar-refractivity contribution in [2.45, 2.75) is 12.8 Å². The number of hydrogen-bond donors (Lipinski definition) is 2. The summed E-state index contributed by atoms with van der Waals surface area (Å²) in [5.74, 6) is -0.0443. The molecule has 16 heavy (non-hydrogen) atoms. The van der Waals surface area contributed by atoms with Crippen molar-refractivity contribution < 1.29 is 10.2 Å². The SMILES string of the molecule is OCCCc1c(O)nc(Cl)c2ccccc12. The Kier molecular flexibility index (Phi) is 3.27. The molecule has 0 aliphatic heterocycles. The molecular formula is C12H12ClNO2. The normalized spacial score (nSPS) is 10.9. The average Bonchev–Trinajstić information content (AvgIpc) is 2.29. The summed E-state index contributed by atoms with van der Waals surface area (Å²) in [6, 6.07) is 7.53. The van der Waals surface area contributed by atoms with Crippen molar-refractivity contribution in [3.63, 3.8) is 0 Å². The highest BCUT2D eigenvalue weighted by molar-refractivity contribution is 6.34. The van der Waals surface area contributed by atoms with Crippen LogP contribution in [0.25, 0.3) is 10.8 Å². The highest BCUT2D eigenvalue weighted by Crippen LogP contribution is 2.30. The second-order valence-corrected chi connectivity index (χ2v) is 3.94. The van der Waals surface area contributed by atoms with Gasteiger partial charge in [0.15, 0.2) is 0 Å². The second-order valence-electron chi connectivity index (χ2n) is 3.58.